The molecule has 2 aromatic carbocycles. The summed E-state index contributed by atoms with van der Waals surface area (Å²) in [5, 5.41) is 7.63. The number of aromatic nitrogens is 4. The Hall–Kier alpha value is -3.46. The fourth-order valence-electron chi connectivity index (χ4n) is 3.11. The maximum absolute atomic E-state index is 13.0. The quantitative estimate of drug-likeness (QED) is 0.501. The summed E-state index contributed by atoms with van der Waals surface area (Å²) in [6.45, 7) is 4.06. The van der Waals surface area contributed by atoms with Gasteiger partial charge in [0.05, 0.1) is 0 Å². The molecule has 2 heterocycles. The number of rotatable bonds is 6. The van der Waals surface area contributed by atoms with Gasteiger partial charge in [0.15, 0.2) is 5.65 Å². The van der Waals surface area contributed by atoms with Crippen LogP contribution in [-0.4, -0.2) is 25.1 Å². The van der Waals surface area contributed by atoms with E-state index in [2.05, 4.69) is 21.5 Å². The van der Waals surface area contributed by atoms with E-state index in [4.69, 9.17) is 0 Å². The van der Waals surface area contributed by atoms with Gasteiger partial charge in [-0.05, 0) is 43.2 Å². The van der Waals surface area contributed by atoms with Crippen LogP contribution in [0.3, 0.4) is 0 Å². The van der Waals surface area contributed by atoms with E-state index in [-0.39, 0.29) is 24.8 Å². The molecule has 0 aliphatic heterocycles. The van der Waals surface area contributed by atoms with Gasteiger partial charge in [-0.15, -0.1) is 5.10 Å². The van der Waals surface area contributed by atoms with Crippen molar-refractivity contribution in [2.75, 3.05) is 0 Å². The Morgan fingerprint density at radius 3 is 2.68 bits per heavy atom. The van der Waals surface area contributed by atoms with Crippen LogP contribution in [0.15, 0.2) is 69.6 Å². The molecular formula is C22H20FN5O2S. The molecule has 0 aliphatic rings. The number of carbonyl (C=O) groups excluding carboxylic acids is 1. The molecule has 31 heavy (non-hydrogen) atoms. The predicted octanol–water partition coefficient (Wildman–Crippen LogP) is 3.11. The summed E-state index contributed by atoms with van der Waals surface area (Å²) in [6, 6.07) is 12.0. The fraction of sp³-hybridized carbons (Fsp3) is 0.182. The second kappa shape index (κ2) is 8.73. The zero-order valence-electron chi connectivity index (χ0n) is 17.0. The minimum atomic E-state index is -0.420. The van der Waals surface area contributed by atoms with E-state index < -0.39 is 5.69 Å². The first-order valence-electron chi connectivity index (χ1n) is 9.61. The second-order valence-corrected chi connectivity index (χ2v) is 8.17. The zero-order chi connectivity index (χ0) is 22.0. The van der Waals surface area contributed by atoms with Gasteiger partial charge in [-0.2, -0.15) is 0 Å². The van der Waals surface area contributed by atoms with Crippen LogP contribution in [0.4, 0.5) is 4.39 Å². The van der Waals surface area contributed by atoms with Crippen LogP contribution in [0.25, 0.3) is 5.65 Å². The SMILES string of the molecule is Cc1ccc(Sc2nccn3c(=O)n(CC(=O)NCc4ccc(F)cc4)nc23)c(C)c1. The van der Waals surface area contributed by atoms with E-state index in [0.29, 0.717) is 10.7 Å². The Kier molecular flexibility index (Phi) is 5.85. The van der Waals surface area contributed by atoms with Crippen LogP contribution in [0, 0.1) is 19.7 Å². The van der Waals surface area contributed by atoms with Gasteiger partial charge in [0.1, 0.15) is 17.4 Å². The van der Waals surface area contributed by atoms with Crippen molar-refractivity contribution in [3.63, 3.8) is 0 Å². The highest BCUT2D eigenvalue weighted by atomic mass is 32.2. The summed E-state index contributed by atoms with van der Waals surface area (Å²) in [6.07, 6.45) is 3.07. The summed E-state index contributed by atoms with van der Waals surface area (Å²) in [5.74, 6) is -0.708. The first-order valence-corrected chi connectivity index (χ1v) is 10.4. The summed E-state index contributed by atoms with van der Waals surface area (Å²) in [4.78, 5) is 30.4. The fourth-order valence-corrected chi connectivity index (χ4v) is 4.02. The minimum absolute atomic E-state index is 0.227. The zero-order valence-corrected chi connectivity index (χ0v) is 17.8. The van der Waals surface area contributed by atoms with Gasteiger partial charge in [0, 0.05) is 23.8 Å². The van der Waals surface area contributed by atoms with Crippen LogP contribution in [0.1, 0.15) is 16.7 Å². The maximum Gasteiger partial charge on any atom is 0.350 e. The number of amides is 1. The summed E-state index contributed by atoms with van der Waals surface area (Å²) < 4.78 is 15.5. The molecule has 0 saturated heterocycles. The number of hydrogen-bond acceptors (Lipinski definition) is 5. The molecule has 4 rings (SSSR count). The van der Waals surface area contributed by atoms with Crippen LogP contribution >= 0.6 is 11.8 Å². The number of carbonyl (C=O) groups is 1. The molecule has 4 aromatic rings. The number of benzene rings is 2. The minimum Gasteiger partial charge on any atom is -0.350 e. The molecule has 1 N–H and O–H groups in total. The molecule has 2 aromatic heterocycles. The van der Waals surface area contributed by atoms with E-state index in [1.807, 2.05) is 26.0 Å². The number of nitrogens with zero attached hydrogens (tertiary/aromatic N) is 4. The third kappa shape index (κ3) is 4.66. The highest BCUT2D eigenvalue weighted by Gasteiger charge is 2.15. The van der Waals surface area contributed by atoms with Gasteiger partial charge in [-0.25, -0.2) is 23.3 Å². The van der Waals surface area contributed by atoms with Crippen LogP contribution in [0.5, 0.6) is 0 Å². The number of fused-ring (bicyclic) bond motifs is 1. The molecule has 0 fully saturated rings. The molecule has 0 unspecified atom stereocenters. The van der Waals surface area contributed by atoms with E-state index in [1.54, 1.807) is 18.3 Å². The lowest BCUT2D eigenvalue weighted by atomic mass is 10.2. The van der Waals surface area contributed by atoms with E-state index in [1.165, 1.54) is 40.1 Å². The molecule has 0 radical (unpaired) electrons. The van der Waals surface area contributed by atoms with Crippen molar-refractivity contribution in [1.82, 2.24) is 24.5 Å². The molecule has 7 nitrogen and oxygen atoms in total. The standard InChI is InChI=1S/C22H20FN5O2S/c1-14-3-8-18(15(2)11-14)31-21-20-26-28(22(30)27(20)10-9-24-21)13-19(29)25-12-16-4-6-17(23)7-5-16/h3-11H,12-13H2,1-2H3,(H,25,29). The first-order chi connectivity index (χ1) is 14.9. The number of hydrogen-bond donors (Lipinski definition) is 1. The molecule has 0 saturated carbocycles. The lowest BCUT2D eigenvalue weighted by Gasteiger charge is -2.06. The van der Waals surface area contributed by atoms with Crippen LogP contribution in [0.2, 0.25) is 0 Å². The van der Waals surface area contributed by atoms with Gasteiger partial charge in [-0.3, -0.25) is 4.79 Å². The summed E-state index contributed by atoms with van der Waals surface area (Å²) in [5.41, 5.74) is 3.00. The Morgan fingerprint density at radius 1 is 1.16 bits per heavy atom. The molecule has 0 aliphatic carbocycles. The average molecular weight is 438 g/mol. The Bertz CT molecular complexity index is 1310. The van der Waals surface area contributed by atoms with Gasteiger partial charge in [0.25, 0.3) is 0 Å². The highest BCUT2D eigenvalue weighted by Crippen LogP contribution is 2.30. The predicted molar refractivity (Wildman–Crippen MR) is 116 cm³/mol. The monoisotopic (exact) mass is 437 g/mol. The maximum atomic E-state index is 13.0. The molecule has 1 amide bonds. The molecule has 9 heteroatoms. The van der Waals surface area contributed by atoms with Crippen LogP contribution in [-0.2, 0) is 17.9 Å². The number of halogens is 1. The van der Waals surface area contributed by atoms with Gasteiger partial charge < -0.3 is 5.32 Å². The lowest BCUT2D eigenvalue weighted by Crippen LogP contribution is -2.32. The topological polar surface area (TPSA) is 81.3 Å². The van der Waals surface area contributed by atoms with Gasteiger partial charge in [0.2, 0.25) is 5.91 Å². The van der Waals surface area contributed by atoms with Crippen molar-refractivity contribution in [3.8, 4) is 0 Å². The Balaban J connectivity index is 1.53. The van der Waals surface area contributed by atoms with Crippen molar-refractivity contribution >= 4 is 23.3 Å². The van der Waals surface area contributed by atoms with Crippen molar-refractivity contribution < 1.29 is 9.18 Å². The third-order valence-corrected chi connectivity index (χ3v) is 5.86. The Labute approximate surface area is 181 Å². The van der Waals surface area contributed by atoms with Crippen LogP contribution < -0.4 is 11.0 Å². The summed E-state index contributed by atoms with van der Waals surface area (Å²) >= 11 is 1.42. The number of aryl methyl sites for hydroxylation is 2. The normalized spacial score (nSPS) is 11.1. The van der Waals surface area contributed by atoms with E-state index in [0.717, 1.165) is 20.7 Å². The molecule has 0 atom stereocenters. The van der Waals surface area contributed by atoms with Gasteiger partial charge >= 0.3 is 5.69 Å². The van der Waals surface area contributed by atoms with Crippen molar-refractivity contribution in [3.05, 3.63) is 87.9 Å². The average Bonchev–Trinajstić information content (AvgIpc) is 3.06. The largest absolute Gasteiger partial charge is 0.350 e. The van der Waals surface area contributed by atoms with E-state index >= 15 is 0 Å². The highest BCUT2D eigenvalue weighted by molar-refractivity contribution is 7.99. The Morgan fingerprint density at radius 2 is 1.94 bits per heavy atom. The third-order valence-electron chi connectivity index (χ3n) is 4.70. The lowest BCUT2D eigenvalue weighted by molar-refractivity contribution is -0.122. The second-order valence-electron chi connectivity index (χ2n) is 7.14. The molecule has 158 valence electrons. The molecule has 0 bridgehead atoms. The summed E-state index contributed by atoms with van der Waals surface area (Å²) in [7, 11) is 0. The van der Waals surface area contributed by atoms with Crippen molar-refractivity contribution in [2.24, 2.45) is 0 Å². The van der Waals surface area contributed by atoms with E-state index in [9.17, 15) is 14.0 Å². The number of nitrogens with one attached hydrogen (secondary N) is 1. The molecule has 0 spiro atoms. The smallest absolute Gasteiger partial charge is 0.350 e. The van der Waals surface area contributed by atoms with Gasteiger partial charge in [-0.1, -0.05) is 41.6 Å². The molecular weight excluding hydrogens is 417 g/mol. The van der Waals surface area contributed by atoms with Crippen molar-refractivity contribution in [2.45, 2.75) is 36.9 Å². The van der Waals surface area contributed by atoms with Crippen molar-refractivity contribution in [1.29, 1.82) is 0 Å². The first kappa shape index (κ1) is 20.8.